The number of hydrogen-bond acceptors (Lipinski definition) is 2. The molecule has 1 aliphatic rings. The Bertz CT molecular complexity index is 308. The van der Waals surface area contributed by atoms with Crippen LogP contribution in [0.4, 0.5) is 0 Å². The van der Waals surface area contributed by atoms with Crippen LogP contribution in [0.5, 0.6) is 0 Å². The number of piperazine rings is 1. The monoisotopic (exact) mass is 276 g/mol. The Kier molecular flexibility index (Phi) is 7.10. The van der Waals surface area contributed by atoms with Gasteiger partial charge in [-0.2, -0.15) is 0 Å². The van der Waals surface area contributed by atoms with E-state index in [1.807, 2.05) is 0 Å². The summed E-state index contributed by atoms with van der Waals surface area (Å²) in [5.41, 5.74) is 1.57. The third-order valence-corrected chi connectivity index (χ3v) is 3.39. The molecular formula is C13H22Cl2N2. The number of nitrogens with one attached hydrogen (secondary N) is 1. The maximum atomic E-state index is 3.40. The normalized spacial score (nSPS) is 16.8. The van der Waals surface area contributed by atoms with Crippen molar-refractivity contribution < 1.29 is 0 Å². The quantitative estimate of drug-likeness (QED) is 0.894. The van der Waals surface area contributed by atoms with Crippen molar-refractivity contribution in [2.45, 2.75) is 19.4 Å². The van der Waals surface area contributed by atoms with Crippen LogP contribution in [0.15, 0.2) is 30.3 Å². The molecule has 0 radical (unpaired) electrons. The van der Waals surface area contributed by atoms with Crippen molar-refractivity contribution in [3.63, 3.8) is 0 Å². The predicted octanol–water partition coefficient (Wildman–Crippen LogP) is 2.67. The molecule has 1 fully saturated rings. The van der Waals surface area contributed by atoms with Gasteiger partial charge in [-0.1, -0.05) is 30.3 Å². The summed E-state index contributed by atoms with van der Waals surface area (Å²) >= 11 is 0. The Labute approximate surface area is 117 Å². The van der Waals surface area contributed by atoms with Gasteiger partial charge >= 0.3 is 0 Å². The topological polar surface area (TPSA) is 15.3 Å². The summed E-state index contributed by atoms with van der Waals surface area (Å²) in [4.78, 5) is 2.55. The van der Waals surface area contributed by atoms with Crippen LogP contribution in [0.2, 0.25) is 0 Å². The zero-order valence-electron chi connectivity index (χ0n) is 10.5. The molecule has 0 aliphatic carbocycles. The fourth-order valence-electron chi connectivity index (χ4n) is 2.25. The van der Waals surface area contributed by atoms with Crippen molar-refractivity contribution in [1.82, 2.24) is 10.2 Å². The molecule has 17 heavy (non-hydrogen) atoms. The summed E-state index contributed by atoms with van der Waals surface area (Å²) in [6, 6.07) is 10.8. The van der Waals surface area contributed by atoms with Gasteiger partial charge in [0.25, 0.3) is 0 Å². The minimum atomic E-state index is 0. The average Bonchev–Trinajstić information content (AvgIpc) is 2.31. The van der Waals surface area contributed by atoms with Crippen molar-refractivity contribution >= 4 is 24.8 Å². The lowest BCUT2D eigenvalue weighted by Crippen LogP contribution is -2.51. The average molecular weight is 277 g/mol. The summed E-state index contributed by atoms with van der Waals surface area (Å²) in [7, 11) is 0. The number of hydrogen-bond donors (Lipinski definition) is 1. The van der Waals surface area contributed by atoms with Crippen LogP contribution in [-0.4, -0.2) is 31.1 Å². The second kappa shape index (κ2) is 7.22. The zero-order valence-corrected chi connectivity index (χ0v) is 12.1. The highest BCUT2D eigenvalue weighted by atomic mass is 35.5. The van der Waals surface area contributed by atoms with E-state index in [1.54, 1.807) is 0 Å². The lowest BCUT2D eigenvalue weighted by molar-refractivity contribution is 0.103. The van der Waals surface area contributed by atoms with Gasteiger partial charge in [0.05, 0.1) is 0 Å². The van der Waals surface area contributed by atoms with Crippen LogP contribution in [0.1, 0.15) is 19.4 Å². The van der Waals surface area contributed by atoms with Crippen molar-refractivity contribution in [2.24, 2.45) is 0 Å². The van der Waals surface area contributed by atoms with E-state index in [0.717, 1.165) is 26.2 Å². The molecule has 2 rings (SSSR count). The van der Waals surface area contributed by atoms with E-state index < -0.39 is 0 Å². The predicted molar refractivity (Wildman–Crippen MR) is 78.4 cm³/mol. The molecule has 0 spiro atoms. The zero-order chi connectivity index (χ0) is 10.7. The van der Waals surface area contributed by atoms with Gasteiger partial charge in [0, 0.05) is 31.7 Å². The summed E-state index contributed by atoms with van der Waals surface area (Å²) < 4.78 is 0. The summed E-state index contributed by atoms with van der Waals surface area (Å²) in [6.07, 6.45) is 0. The van der Waals surface area contributed by atoms with Crippen LogP contribution >= 0.6 is 24.8 Å². The van der Waals surface area contributed by atoms with E-state index in [0.29, 0.717) is 0 Å². The highest BCUT2D eigenvalue weighted by molar-refractivity contribution is 5.85. The number of halogens is 2. The van der Waals surface area contributed by atoms with Gasteiger partial charge in [0.15, 0.2) is 0 Å². The Hall–Kier alpha value is -0.280. The lowest BCUT2D eigenvalue weighted by atomic mass is 9.92. The summed E-state index contributed by atoms with van der Waals surface area (Å²) in [5.74, 6) is 0. The van der Waals surface area contributed by atoms with Gasteiger partial charge in [0.1, 0.15) is 0 Å². The van der Waals surface area contributed by atoms with Crippen molar-refractivity contribution in [2.75, 3.05) is 26.2 Å². The van der Waals surface area contributed by atoms with E-state index in [-0.39, 0.29) is 30.4 Å². The smallest absolute Gasteiger partial charge is 0.0405 e. The van der Waals surface area contributed by atoms with Gasteiger partial charge < -0.3 is 5.32 Å². The van der Waals surface area contributed by atoms with Gasteiger partial charge in [0.2, 0.25) is 0 Å². The van der Waals surface area contributed by atoms with Gasteiger partial charge in [-0.05, 0) is 19.4 Å². The Morgan fingerprint density at radius 3 is 2.06 bits per heavy atom. The van der Waals surface area contributed by atoms with E-state index in [1.165, 1.54) is 5.56 Å². The Morgan fingerprint density at radius 2 is 1.53 bits per heavy atom. The van der Waals surface area contributed by atoms with Crippen LogP contribution in [0, 0.1) is 0 Å². The first-order chi connectivity index (χ1) is 7.21. The molecule has 2 nitrogen and oxygen atoms in total. The SMILES string of the molecule is CC(C)(c1ccccc1)N1CCNCC1.Cl.Cl. The van der Waals surface area contributed by atoms with Crippen molar-refractivity contribution in [3.8, 4) is 0 Å². The molecule has 1 aliphatic heterocycles. The molecule has 98 valence electrons. The maximum Gasteiger partial charge on any atom is 0.0405 e. The van der Waals surface area contributed by atoms with Crippen molar-refractivity contribution in [3.05, 3.63) is 35.9 Å². The molecule has 0 saturated carbocycles. The standard InChI is InChI=1S/C13H20N2.2ClH/c1-13(2,12-6-4-3-5-7-12)15-10-8-14-9-11-15;;/h3-7,14H,8-11H2,1-2H3;2*1H. The number of benzene rings is 1. The first kappa shape index (κ1) is 16.7. The van der Waals surface area contributed by atoms with Gasteiger partial charge in [-0.3, -0.25) is 4.90 Å². The fraction of sp³-hybridized carbons (Fsp3) is 0.538. The molecule has 1 N–H and O–H groups in total. The molecule has 1 heterocycles. The highest BCUT2D eigenvalue weighted by Crippen LogP contribution is 2.27. The van der Waals surface area contributed by atoms with Gasteiger partial charge in [-0.25, -0.2) is 0 Å². The largest absolute Gasteiger partial charge is 0.314 e. The molecule has 0 amide bonds. The lowest BCUT2D eigenvalue weighted by Gasteiger charge is -2.41. The second-order valence-corrected chi connectivity index (χ2v) is 4.66. The van der Waals surface area contributed by atoms with Crippen LogP contribution in [-0.2, 0) is 5.54 Å². The van der Waals surface area contributed by atoms with Gasteiger partial charge in [-0.15, -0.1) is 24.8 Å². The maximum absolute atomic E-state index is 3.40. The molecular weight excluding hydrogens is 255 g/mol. The molecule has 0 atom stereocenters. The highest BCUT2D eigenvalue weighted by Gasteiger charge is 2.28. The summed E-state index contributed by atoms with van der Waals surface area (Å²) in [6.45, 7) is 9.12. The van der Waals surface area contributed by atoms with E-state index in [2.05, 4.69) is 54.4 Å². The number of rotatable bonds is 2. The third-order valence-electron chi connectivity index (χ3n) is 3.39. The Balaban J connectivity index is 0.00000128. The minimum absolute atomic E-state index is 0. The first-order valence-corrected chi connectivity index (χ1v) is 5.72. The first-order valence-electron chi connectivity index (χ1n) is 5.72. The fourth-order valence-corrected chi connectivity index (χ4v) is 2.25. The third kappa shape index (κ3) is 3.85. The molecule has 4 heteroatoms. The van der Waals surface area contributed by atoms with E-state index in [4.69, 9.17) is 0 Å². The van der Waals surface area contributed by atoms with E-state index >= 15 is 0 Å². The van der Waals surface area contributed by atoms with Crippen LogP contribution in [0.3, 0.4) is 0 Å². The molecule has 0 aromatic heterocycles. The Morgan fingerprint density at radius 1 is 1.00 bits per heavy atom. The molecule has 1 aromatic rings. The molecule has 0 bridgehead atoms. The minimum Gasteiger partial charge on any atom is -0.314 e. The summed E-state index contributed by atoms with van der Waals surface area (Å²) in [5, 5.41) is 3.40. The molecule has 1 saturated heterocycles. The molecule has 0 unspecified atom stereocenters. The number of nitrogens with zero attached hydrogens (tertiary/aromatic N) is 1. The van der Waals surface area contributed by atoms with Crippen LogP contribution in [0.25, 0.3) is 0 Å². The van der Waals surface area contributed by atoms with Crippen LogP contribution < -0.4 is 5.32 Å². The second-order valence-electron chi connectivity index (χ2n) is 4.66. The van der Waals surface area contributed by atoms with Crippen molar-refractivity contribution in [1.29, 1.82) is 0 Å². The van der Waals surface area contributed by atoms with E-state index in [9.17, 15) is 0 Å². The molecule has 1 aromatic carbocycles.